The molecule has 0 radical (unpaired) electrons. The lowest BCUT2D eigenvalue weighted by Crippen LogP contribution is -1.80. The molecule has 8 heteroatoms. The van der Waals surface area contributed by atoms with Crippen molar-refractivity contribution in [1.29, 1.82) is 0 Å². The SMILES string of the molecule is CSc1nsc(SC)c1-c1nnc(-c2ccncc2)o1. The van der Waals surface area contributed by atoms with Crippen molar-refractivity contribution in [2.45, 2.75) is 9.24 Å². The molecular weight excluding hydrogens is 312 g/mol. The van der Waals surface area contributed by atoms with Crippen LogP contribution in [-0.4, -0.2) is 32.1 Å². The van der Waals surface area contributed by atoms with Crippen molar-refractivity contribution in [3.63, 3.8) is 0 Å². The van der Waals surface area contributed by atoms with Crippen LogP contribution >= 0.6 is 35.1 Å². The third-order valence-electron chi connectivity index (χ3n) is 2.57. The Morgan fingerprint density at radius 2 is 1.80 bits per heavy atom. The van der Waals surface area contributed by atoms with Gasteiger partial charge in [0.15, 0.2) is 0 Å². The average molecular weight is 322 g/mol. The first-order valence-corrected chi connectivity index (χ1v) is 8.87. The summed E-state index contributed by atoms with van der Waals surface area (Å²) in [6.07, 6.45) is 7.40. The third kappa shape index (κ3) is 2.46. The van der Waals surface area contributed by atoms with Gasteiger partial charge in [0.05, 0.1) is 9.77 Å². The molecule has 0 spiro atoms. The maximum atomic E-state index is 5.79. The summed E-state index contributed by atoms with van der Waals surface area (Å²) >= 11 is 4.67. The van der Waals surface area contributed by atoms with E-state index in [1.165, 1.54) is 11.5 Å². The van der Waals surface area contributed by atoms with Gasteiger partial charge < -0.3 is 4.42 Å². The van der Waals surface area contributed by atoms with E-state index < -0.39 is 0 Å². The van der Waals surface area contributed by atoms with E-state index in [0.717, 1.165) is 20.4 Å². The van der Waals surface area contributed by atoms with Gasteiger partial charge in [0, 0.05) is 18.0 Å². The Kier molecular flexibility index (Phi) is 4.04. The Hall–Kier alpha value is -1.38. The lowest BCUT2D eigenvalue weighted by Gasteiger charge is -1.97. The van der Waals surface area contributed by atoms with E-state index in [2.05, 4.69) is 19.6 Å². The van der Waals surface area contributed by atoms with Gasteiger partial charge in [-0.15, -0.1) is 33.7 Å². The van der Waals surface area contributed by atoms with Crippen LogP contribution in [-0.2, 0) is 0 Å². The second-order valence-corrected chi connectivity index (χ2v) is 6.35. The first-order chi connectivity index (χ1) is 9.83. The Labute approximate surface area is 128 Å². The number of aromatic nitrogens is 4. The molecule has 20 heavy (non-hydrogen) atoms. The predicted octanol–water partition coefficient (Wildman–Crippen LogP) is 3.70. The molecule has 3 aromatic rings. The maximum Gasteiger partial charge on any atom is 0.252 e. The summed E-state index contributed by atoms with van der Waals surface area (Å²) in [6, 6.07) is 3.68. The van der Waals surface area contributed by atoms with E-state index in [1.807, 2.05) is 24.6 Å². The second-order valence-electron chi connectivity index (χ2n) is 3.71. The highest BCUT2D eigenvalue weighted by Crippen LogP contribution is 2.40. The van der Waals surface area contributed by atoms with E-state index in [4.69, 9.17) is 4.42 Å². The van der Waals surface area contributed by atoms with Gasteiger partial charge in [0.2, 0.25) is 5.89 Å². The molecule has 0 unspecified atom stereocenters. The number of hydrogen-bond acceptors (Lipinski definition) is 8. The van der Waals surface area contributed by atoms with Crippen LogP contribution < -0.4 is 0 Å². The molecule has 0 aliphatic rings. The summed E-state index contributed by atoms with van der Waals surface area (Å²) in [5.41, 5.74) is 1.79. The number of nitrogens with zero attached hydrogens (tertiary/aromatic N) is 4. The fraction of sp³-hybridized carbons (Fsp3) is 0.167. The highest BCUT2D eigenvalue weighted by molar-refractivity contribution is 8.01. The summed E-state index contributed by atoms with van der Waals surface area (Å²) < 4.78 is 11.3. The van der Waals surface area contributed by atoms with E-state index in [1.54, 1.807) is 35.9 Å². The molecule has 3 rings (SSSR count). The molecule has 3 heterocycles. The quantitative estimate of drug-likeness (QED) is 0.678. The molecule has 0 bridgehead atoms. The number of pyridine rings is 1. The minimum atomic E-state index is 0.493. The topological polar surface area (TPSA) is 64.7 Å². The molecule has 0 amide bonds. The van der Waals surface area contributed by atoms with Crippen LogP contribution in [0.5, 0.6) is 0 Å². The normalized spacial score (nSPS) is 10.9. The highest BCUT2D eigenvalue weighted by atomic mass is 32.2. The van der Waals surface area contributed by atoms with E-state index in [-0.39, 0.29) is 0 Å². The number of rotatable bonds is 4. The van der Waals surface area contributed by atoms with Gasteiger partial charge in [0.1, 0.15) is 5.03 Å². The second kappa shape index (κ2) is 5.94. The highest BCUT2D eigenvalue weighted by Gasteiger charge is 2.20. The van der Waals surface area contributed by atoms with Crippen molar-refractivity contribution >= 4 is 35.1 Å². The molecule has 0 saturated heterocycles. The monoisotopic (exact) mass is 322 g/mol. The Morgan fingerprint density at radius 3 is 2.50 bits per heavy atom. The van der Waals surface area contributed by atoms with Crippen LogP contribution in [0.3, 0.4) is 0 Å². The van der Waals surface area contributed by atoms with Crippen molar-refractivity contribution in [1.82, 2.24) is 19.6 Å². The minimum Gasteiger partial charge on any atom is -0.416 e. The third-order valence-corrected chi connectivity index (χ3v) is 5.31. The fourth-order valence-electron chi connectivity index (χ4n) is 1.65. The van der Waals surface area contributed by atoms with E-state index in [0.29, 0.717) is 11.8 Å². The molecule has 0 saturated carbocycles. The zero-order chi connectivity index (χ0) is 13.9. The van der Waals surface area contributed by atoms with Gasteiger partial charge in [0.25, 0.3) is 5.89 Å². The van der Waals surface area contributed by atoms with Crippen molar-refractivity contribution in [3.8, 4) is 22.9 Å². The van der Waals surface area contributed by atoms with Crippen LogP contribution in [0.25, 0.3) is 22.9 Å². The van der Waals surface area contributed by atoms with Crippen molar-refractivity contribution in [3.05, 3.63) is 24.5 Å². The lowest BCUT2D eigenvalue weighted by atomic mass is 10.3. The standard InChI is InChI=1S/C12H10N4OS3/c1-18-11-8(12(19-2)20-16-11)10-15-14-9(17-10)7-3-5-13-6-4-7/h3-6H,1-2H3. The summed E-state index contributed by atoms with van der Waals surface area (Å²) in [5.74, 6) is 1.01. The van der Waals surface area contributed by atoms with Crippen LogP contribution in [0.2, 0.25) is 0 Å². The predicted molar refractivity (Wildman–Crippen MR) is 82.2 cm³/mol. The van der Waals surface area contributed by atoms with E-state index in [9.17, 15) is 0 Å². The van der Waals surface area contributed by atoms with Crippen molar-refractivity contribution in [2.75, 3.05) is 12.5 Å². The van der Waals surface area contributed by atoms with Gasteiger partial charge in [-0.2, -0.15) is 4.37 Å². The summed E-state index contributed by atoms with van der Waals surface area (Å²) in [7, 11) is 0. The van der Waals surface area contributed by atoms with E-state index >= 15 is 0 Å². The van der Waals surface area contributed by atoms with Gasteiger partial charge >= 0.3 is 0 Å². The first kappa shape index (κ1) is 13.6. The number of hydrogen-bond donors (Lipinski definition) is 0. The summed E-state index contributed by atoms with van der Waals surface area (Å²) in [6.45, 7) is 0. The largest absolute Gasteiger partial charge is 0.416 e. The summed E-state index contributed by atoms with van der Waals surface area (Å²) in [4.78, 5) is 3.98. The molecule has 0 aliphatic carbocycles. The van der Waals surface area contributed by atoms with Gasteiger partial charge in [-0.3, -0.25) is 4.98 Å². The first-order valence-electron chi connectivity index (χ1n) is 5.65. The minimum absolute atomic E-state index is 0.493. The van der Waals surface area contributed by atoms with Gasteiger partial charge in [-0.05, 0) is 36.2 Å². The molecule has 0 aromatic carbocycles. The van der Waals surface area contributed by atoms with Crippen molar-refractivity contribution in [2.24, 2.45) is 0 Å². The maximum absolute atomic E-state index is 5.79. The Balaban J connectivity index is 2.04. The Morgan fingerprint density at radius 1 is 1.05 bits per heavy atom. The molecular formula is C12H10N4OS3. The van der Waals surface area contributed by atoms with Gasteiger partial charge in [-0.25, -0.2) is 0 Å². The van der Waals surface area contributed by atoms with Crippen LogP contribution in [0.4, 0.5) is 0 Å². The zero-order valence-electron chi connectivity index (χ0n) is 10.7. The fourth-order valence-corrected chi connectivity index (χ4v) is 3.92. The number of thioether (sulfide) groups is 2. The molecule has 102 valence electrons. The lowest BCUT2D eigenvalue weighted by molar-refractivity contribution is 0.582. The van der Waals surface area contributed by atoms with Crippen LogP contribution in [0.15, 0.2) is 38.2 Å². The molecule has 0 fully saturated rings. The smallest absolute Gasteiger partial charge is 0.252 e. The molecule has 5 nitrogen and oxygen atoms in total. The molecule has 3 aromatic heterocycles. The molecule has 0 atom stereocenters. The Bertz CT molecular complexity index is 689. The molecule has 0 aliphatic heterocycles. The molecule has 0 N–H and O–H groups in total. The summed E-state index contributed by atoms with van der Waals surface area (Å²) in [5, 5.41) is 9.18. The zero-order valence-corrected chi connectivity index (χ0v) is 13.2. The van der Waals surface area contributed by atoms with Gasteiger partial charge in [-0.1, -0.05) is 0 Å². The van der Waals surface area contributed by atoms with Crippen LogP contribution in [0.1, 0.15) is 0 Å². The van der Waals surface area contributed by atoms with Crippen LogP contribution in [0, 0.1) is 0 Å². The van der Waals surface area contributed by atoms with Crippen molar-refractivity contribution < 1.29 is 4.42 Å². The average Bonchev–Trinajstić information content (AvgIpc) is 3.14.